The van der Waals surface area contributed by atoms with Gasteiger partial charge in [0.05, 0.1) is 30.7 Å². The fraction of sp³-hybridized carbons (Fsp3) is 0.523. The number of hydrogen-bond acceptors (Lipinski definition) is 9. The molecule has 328 valence electrons. The van der Waals surface area contributed by atoms with Crippen molar-refractivity contribution in [1.82, 2.24) is 14.6 Å². The van der Waals surface area contributed by atoms with Crippen LogP contribution in [-0.4, -0.2) is 78.9 Å². The molecule has 17 heteroatoms. The zero-order valence-corrected chi connectivity index (χ0v) is 34.8. The summed E-state index contributed by atoms with van der Waals surface area (Å²) >= 11 is 0. The molecule has 2 amide bonds. The van der Waals surface area contributed by atoms with Crippen LogP contribution in [0.25, 0.3) is 10.8 Å². The lowest BCUT2D eigenvalue weighted by Gasteiger charge is -2.32. The molecule has 0 unspecified atom stereocenters. The SMILES string of the molecule is COc1cc2ccnc(O[C@@H]3C[C@H]4C(=O)C[C@]5(C(=O)NS(=O)(=O)C6(CF)CC6)C[C@H]5/C=C\CC[C@@H](C)C[C@@H](C)[C@H](CC(=O)c5ccccc5C(F)(F)F)C(=O)N4C3)c2cc1F. The maximum absolute atomic E-state index is 15.0. The van der Waals surface area contributed by atoms with Crippen molar-refractivity contribution in [2.75, 3.05) is 20.3 Å². The van der Waals surface area contributed by atoms with E-state index in [9.17, 15) is 44.8 Å². The van der Waals surface area contributed by atoms with Gasteiger partial charge in [-0.3, -0.25) is 23.9 Å². The van der Waals surface area contributed by atoms with Crippen LogP contribution in [0.1, 0.15) is 87.6 Å². The van der Waals surface area contributed by atoms with Gasteiger partial charge < -0.3 is 14.4 Å². The number of carbonyl (C=O) groups is 4. The third-order valence-electron chi connectivity index (χ3n) is 13.0. The van der Waals surface area contributed by atoms with Crippen molar-refractivity contribution in [3.05, 3.63) is 77.8 Å². The molecule has 7 rings (SSSR count). The third kappa shape index (κ3) is 8.76. The number of nitrogens with one attached hydrogen (secondary N) is 1. The Labute approximate surface area is 350 Å². The number of ketones is 2. The van der Waals surface area contributed by atoms with E-state index in [2.05, 4.69) is 9.71 Å². The molecule has 2 saturated carbocycles. The Morgan fingerprint density at radius 1 is 1.07 bits per heavy atom. The van der Waals surface area contributed by atoms with Crippen LogP contribution in [-0.2, 0) is 30.6 Å². The molecule has 0 spiro atoms. The molecule has 2 aromatic carbocycles. The van der Waals surface area contributed by atoms with Crippen LogP contribution in [0.3, 0.4) is 0 Å². The van der Waals surface area contributed by atoms with Crippen LogP contribution in [0.4, 0.5) is 22.0 Å². The van der Waals surface area contributed by atoms with Gasteiger partial charge in [-0.2, -0.15) is 13.2 Å². The normalized spacial score (nSPS) is 28.5. The number of halogens is 5. The largest absolute Gasteiger partial charge is 0.494 e. The fourth-order valence-corrected chi connectivity index (χ4v) is 10.5. The molecule has 1 N–H and O–H groups in total. The molecule has 2 aliphatic carbocycles. The van der Waals surface area contributed by atoms with E-state index in [1.54, 1.807) is 19.1 Å². The van der Waals surface area contributed by atoms with Gasteiger partial charge in [0.1, 0.15) is 17.5 Å². The van der Waals surface area contributed by atoms with Crippen molar-refractivity contribution < 1.29 is 59.0 Å². The summed E-state index contributed by atoms with van der Waals surface area (Å²) in [4.78, 5) is 63.1. The van der Waals surface area contributed by atoms with Crippen molar-refractivity contribution in [2.45, 2.75) is 94.7 Å². The highest BCUT2D eigenvalue weighted by atomic mass is 32.2. The van der Waals surface area contributed by atoms with Gasteiger partial charge in [0.15, 0.2) is 23.1 Å². The molecule has 3 aromatic rings. The number of alkyl halides is 4. The standard InChI is InChI=1S/C44H48F5N3O8S/c1-25-8-4-5-9-28-21-43(28,41(56)51-61(57,58)42(24-45)13-14-42)22-37(54)35-18-29(60-39-32-19-34(46)38(59-3)17-27(32)12-15-50-39)23-52(35)40(55)31(26(2)16-25)20-36(53)30-10-6-7-11-33(30)44(47,48)49/h5-7,9-12,15,17,19,25-26,28-29,31,35H,4,8,13-14,16,18,20-24H2,1-3H3,(H,51,56)/b9-5-/t25-,26-,28-,29-,31+,35+,43-/m1/s1. The Morgan fingerprint density at radius 2 is 1.80 bits per heavy atom. The van der Waals surface area contributed by atoms with Gasteiger partial charge in [-0.05, 0) is 85.9 Å². The first-order valence-corrected chi connectivity index (χ1v) is 21.9. The summed E-state index contributed by atoms with van der Waals surface area (Å²) in [6, 6.07) is 7.30. The molecule has 0 bridgehead atoms. The number of allylic oxidation sites excluding steroid dienone is 2. The van der Waals surface area contributed by atoms with E-state index in [-0.39, 0.29) is 55.2 Å². The molecule has 1 saturated heterocycles. The minimum Gasteiger partial charge on any atom is -0.494 e. The first-order valence-electron chi connectivity index (χ1n) is 20.4. The predicted octanol–water partition coefficient (Wildman–Crippen LogP) is 7.56. The number of hydrogen-bond donors (Lipinski definition) is 1. The molecular formula is C44H48F5N3O8S. The van der Waals surface area contributed by atoms with Gasteiger partial charge in [0.25, 0.3) is 0 Å². The Hall–Kier alpha value is -4.93. The van der Waals surface area contributed by atoms with Crippen LogP contribution in [0.5, 0.6) is 11.6 Å². The van der Waals surface area contributed by atoms with Crippen molar-refractivity contribution in [3.63, 3.8) is 0 Å². The van der Waals surface area contributed by atoms with Crippen LogP contribution in [0.2, 0.25) is 0 Å². The zero-order valence-electron chi connectivity index (χ0n) is 34.0. The van der Waals surface area contributed by atoms with Crippen molar-refractivity contribution in [3.8, 4) is 11.6 Å². The second-order valence-corrected chi connectivity index (χ2v) is 19.3. The van der Waals surface area contributed by atoms with E-state index in [4.69, 9.17) is 9.47 Å². The first kappa shape index (κ1) is 44.1. The number of nitrogens with zero attached hydrogens (tertiary/aromatic N) is 2. The number of sulfonamides is 1. The van der Waals surface area contributed by atoms with Gasteiger partial charge in [-0.25, -0.2) is 22.2 Å². The molecule has 11 nitrogen and oxygen atoms in total. The Bertz CT molecular complexity index is 2370. The van der Waals surface area contributed by atoms with Crippen LogP contribution >= 0.6 is 0 Å². The molecular weight excluding hydrogens is 826 g/mol. The van der Waals surface area contributed by atoms with E-state index in [0.717, 1.165) is 12.1 Å². The molecule has 4 aliphatic rings. The summed E-state index contributed by atoms with van der Waals surface area (Å²) in [7, 11) is -3.13. The minimum atomic E-state index is -4.85. The number of ether oxygens (including phenoxy) is 2. The quantitative estimate of drug-likeness (QED) is 0.124. The summed E-state index contributed by atoms with van der Waals surface area (Å²) in [5.74, 6) is -6.19. The molecule has 3 fully saturated rings. The molecule has 61 heavy (non-hydrogen) atoms. The van der Waals surface area contributed by atoms with Gasteiger partial charge in [-0.15, -0.1) is 0 Å². The van der Waals surface area contributed by atoms with Crippen molar-refractivity contribution >= 4 is 44.2 Å². The van der Waals surface area contributed by atoms with Gasteiger partial charge >= 0.3 is 6.18 Å². The van der Waals surface area contributed by atoms with Crippen LogP contribution < -0.4 is 14.2 Å². The second-order valence-electron chi connectivity index (χ2n) is 17.3. The van der Waals surface area contributed by atoms with Crippen molar-refractivity contribution in [1.29, 1.82) is 0 Å². The van der Waals surface area contributed by atoms with Crippen LogP contribution in [0.15, 0.2) is 60.8 Å². The van der Waals surface area contributed by atoms with E-state index < -0.39 is 116 Å². The third-order valence-corrected chi connectivity index (χ3v) is 15.1. The summed E-state index contributed by atoms with van der Waals surface area (Å²) in [6.07, 6.45) is -0.260. The maximum Gasteiger partial charge on any atom is 0.417 e. The average Bonchev–Trinajstić information content (AvgIpc) is 4.12. The minimum absolute atomic E-state index is 0.0142. The van der Waals surface area contributed by atoms with E-state index in [1.807, 2.05) is 13.0 Å². The number of benzene rings is 2. The van der Waals surface area contributed by atoms with Gasteiger partial charge in [-0.1, -0.05) is 44.2 Å². The van der Waals surface area contributed by atoms with Gasteiger partial charge in [0, 0.05) is 42.3 Å². The Kier molecular flexibility index (Phi) is 12.1. The highest BCUT2D eigenvalue weighted by Crippen LogP contribution is 2.58. The maximum atomic E-state index is 15.0. The summed E-state index contributed by atoms with van der Waals surface area (Å²) in [6.45, 7) is 2.27. The van der Waals surface area contributed by atoms with Crippen LogP contribution in [0, 0.1) is 34.9 Å². The summed E-state index contributed by atoms with van der Waals surface area (Å²) in [5.41, 5.74) is -3.27. The monoisotopic (exact) mass is 873 g/mol. The lowest BCUT2D eigenvalue weighted by Crippen LogP contribution is -2.48. The van der Waals surface area contributed by atoms with E-state index in [0.29, 0.717) is 24.6 Å². The Balaban J connectivity index is 1.26. The molecule has 7 atom stereocenters. The number of amides is 2. The highest BCUT2D eigenvalue weighted by Gasteiger charge is 2.63. The predicted molar refractivity (Wildman–Crippen MR) is 213 cm³/mol. The topological polar surface area (TPSA) is 149 Å². The van der Waals surface area contributed by atoms with E-state index >= 15 is 4.79 Å². The first-order chi connectivity index (χ1) is 28.8. The molecule has 1 aromatic heterocycles. The number of methoxy groups -OCH3 is 1. The molecule has 3 heterocycles. The van der Waals surface area contributed by atoms with Crippen molar-refractivity contribution in [2.24, 2.45) is 29.1 Å². The Morgan fingerprint density at radius 3 is 2.49 bits per heavy atom. The highest BCUT2D eigenvalue weighted by molar-refractivity contribution is 7.91. The smallest absolute Gasteiger partial charge is 0.417 e. The number of Topliss-reactive ketones (excluding diaryl/α,β-unsaturated/α-hetero) is 2. The van der Waals surface area contributed by atoms with E-state index in [1.165, 1.54) is 42.5 Å². The zero-order chi connectivity index (χ0) is 44.1. The molecule has 0 radical (unpaired) electrons. The number of pyridine rings is 1. The van der Waals surface area contributed by atoms with Gasteiger partial charge in [0.2, 0.25) is 27.7 Å². The number of carbonyl (C=O) groups excluding carboxylic acids is 4. The second kappa shape index (κ2) is 16.7. The fourth-order valence-electron chi connectivity index (χ4n) is 9.08. The molecule has 2 aliphatic heterocycles. The number of fused-ring (bicyclic) bond motifs is 3. The lowest BCUT2D eigenvalue weighted by atomic mass is 9.80. The number of rotatable bonds is 10. The average molecular weight is 874 g/mol. The summed E-state index contributed by atoms with van der Waals surface area (Å²) < 4.78 is 109. The number of aromatic nitrogens is 1. The lowest BCUT2D eigenvalue weighted by molar-refractivity contribution is -0.143. The summed E-state index contributed by atoms with van der Waals surface area (Å²) in [5, 5.41) is 0.781.